The minimum absolute atomic E-state index is 0.0350. The molecule has 2 aliphatic rings. The number of carbonyl (C=O) groups excluding carboxylic acids is 1. The molecule has 0 radical (unpaired) electrons. The Balaban J connectivity index is 1.93. The maximum absolute atomic E-state index is 13.5. The van der Waals surface area contributed by atoms with Crippen LogP contribution in [0, 0.1) is 0 Å². The van der Waals surface area contributed by atoms with Crippen LogP contribution < -0.4 is 10.2 Å². The summed E-state index contributed by atoms with van der Waals surface area (Å²) in [5.74, 6) is -0.0439. The maximum atomic E-state index is 13.5. The normalized spacial score (nSPS) is 22.1. The van der Waals surface area contributed by atoms with E-state index < -0.39 is 6.17 Å². The van der Waals surface area contributed by atoms with Crippen molar-refractivity contribution in [3.8, 4) is 0 Å². The van der Waals surface area contributed by atoms with E-state index in [9.17, 15) is 9.18 Å². The number of piperazine rings is 1. The van der Waals surface area contributed by atoms with Gasteiger partial charge in [-0.25, -0.2) is 4.39 Å². The lowest BCUT2D eigenvalue weighted by Crippen LogP contribution is -2.43. The van der Waals surface area contributed by atoms with Crippen LogP contribution in [0.1, 0.15) is 43.1 Å². The molecule has 1 aromatic carbocycles. The van der Waals surface area contributed by atoms with E-state index in [0.29, 0.717) is 18.5 Å². The van der Waals surface area contributed by atoms with Gasteiger partial charge < -0.3 is 15.1 Å². The predicted molar refractivity (Wildman–Crippen MR) is 95.6 cm³/mol. The number of halogens is 1. The van der Waals surface area contributed by atoms with Gasteiger partial charge in [0, 0.05) is 44.0 Å². The zero-order chi connectivity index (χ0) is 17.3. The summed E-state index contributed by atoms with van der Waals surface area (Å²) in [5.41, 5.74) is 2.90. The number of hydrogen-bond acceptors (Lipinski definition) is 3. The lowest BCUT2D eigenvalue weighted by atomic mass is 9.85. The van der Waals surface area contributed by atoms with Gasteiger partial charge in [-0.1, -0.05) is 20.8 Å². The first-order valence-corrected chi connectivity index (χ1v) is 8.89. The van der Waals surface area contributed by atoms with Crippen molar-refractivity contribution in [3.63, 3.8) is 0 Å². The zero-order valence-electron chi connectivity index (χ0n) is 14.9. The van der Waals surface area contributed by atoms with E-state index >= 15 is 0 Å². The van der Waals surface area contributed by atoms with E-state index in [1.165, 1.54) is 0 Å². The van der Waals surface area contributed by atoms with Gasteiger partial charge in [-0.15, -0.1) is 0 Å². The van der Waals surface area contributed by atoms with Gasteiger partial charge in [0.05, 0.1) is 6.54 Å². The highest BCUT2D eigenvalue weighted by Gasteiger charge is 2.28. The Hall–Kier alpha value is -1.62. The Morgan fingerprint density at radius 3 is 2.46 bits per heavy atom. The summed E-state index contributed by atoms with van der Waals surface area (Å²) in [4.78, 5) is 16.8. The second-order valence-corrected chi connectivity index (χ2v) is 7.89. The first-order valence-electron chi connectivity index (χ1n) is 8.89. The summed E-state index contributed by atoms with van der Waals surface area (Å²) < 4.78 is 13.5. The fourth-order valence-electron chi connectivity index (χ4n) is 3.36. The summed E-state index contributed by atoms with van der Waals surface area (Å²) in [5, 5.41) is 3.36. The van der Waals surface area contributed by atoms with Gasteiger partial charge in [-0.3, -0.25) is 4.79 Å². The van der Waals surface area contributed by atoms with Crippen LogP contribution in [0.5, 0.6) is 0 Å². The number of carbonyl (C=O) groups is 1. The molecule has 0 aromatic heterocycles. The summed E-state index contributed by atoms with van der Waals surface area (Å²) >= 11 is 0. The number of alkyl halides is 1. The minimum Gasteiger partial charge on any atom is -0.369 e. The van der Waals surface area contributed by atoms with E-state index in [2.05, 4.69) is 37.1 Å². The monoisotopic (exact) mass is 333 g/mol. The topological polar surface area (TPSA) is 35.6 Å². The van der Waals surface area contributed by atoms with E-state index in [4.69, 9.17) is 0 Å². The lowest BCUT2D eigenvalue weighted by molar-refractivity contribution is 0.0782. The SMILES string of the molecule is CC(C)(C)c1cc(C(=O)N2CC[C@H](F)C2)cc(N2CCNCC2)c1. The molecule has 1 atom stereocenters. The summed E-state index contributed by atoms with van der Waals surface area (Å²) in [6, 6.07) is 6.16. The number of nitrogens with one attached hydrogen (secondary N) is 1. The zero-order valence-corrected chi connectivity index (χ0v) is 14.9. The van der Waals surface area contributed by atoms with Gasteiger partial charge in [0.15, 0.2) is 0 Å². The van der Waals surface area contributed by atoms with Gasteiger partial charge in [-0.05, 0) is 35.6 Å². The van der Waals surface area contributed by atoms with Crippen LogP contribution in [0.25, 0.3) is 0 Å². The van der Waals surface area contributed by atoms with Crippen molar-refractivity contribution in [1.29, 1.82) is 0 Å². The Morgan fingerprint density at radius 1 is 1.17 bits per heavy atom. The molecule has 5 heteroatoms. The Bertz CT molecular complexity index is 605. The van der Waals surface area contributed by atoms with Crippen LogP contribution in [0.3, 0.4) is 0 Å². The number of nitrogens with zero attached hydrogens (tertiary/aromatic N) is 2. The van der Waals surface area contributed by atoms with Crippen molar-refractivity contribution in [3.05, 3.63) is 29.3 Å². The molecule has 1 aromatic rings. The molecule has 132 valence electrons. The van der Waals surface area contributed by atoms with Crippen molar-refractivity contribution < 1.29 is 9.18 Å². The first kappa shape index (κ1) is 17.2. The summed E-state index contributed by atoms with van der Waals surface area (Å²) in [6.07, 6.45) is -0.428. The van der Waals surface area contributed by atoms with Gasteiger partial charge in [0.2, 0.25) is 0 Å². The molecular formula is C19H28FN3O. The highest BCUT2D eigenvalue weighted by atomic mass is 19.1. The summed E-state index contributed by atoms with van der Waals surface area (Å²) in [7, 11) is 0. The van der Waals surface area contributed by atoms with E-state index in [0.717, 1.165) is 37.4 Å². The van der Waals surface area contributed by atoms with E-state index in [1.807, 2.05) is 12.1 Å². The average molecular weight is 333 g/mol. The minimum atomic E-state index is -0.882. The first-order chi connectivity index (χ1) is 11.3. The molecule has 2 heterocycles. The number of hydrogen-bond donors (Lipinski definition) is 1. The molecule has 2 saturated heterocycles. The molecule has 0 aliphatic carbocycles. The number of anilines is 1. The Morgan fingerprint density at radius 2 is 1.88 bits per heavy atom. The van der Waals surface area contributed by atoms with Crippen LogP contribution in [0.2, 0.25) is 0 Å². The van der Waals surface area contributed by atoms with E-state index in [1.54, 1.807) is 4.90 Å². The Labute approximate surface area is 144 Å². The molecule has 1 amide bonds. The number of likely N-dealkylation sites (tertiary alicyclic amines) is 1. The van der Waals surface area contributed by atoms with Crippen molar-refractivity contribution in [2.75, 3.05) is 44.2 Å². The van der Waals surface area contributed by atoms with Crippen molar-refractivity contribution in [2.45, 2.75) is 38.8 Å². The number of rotatable bonds is 2. The molecule has 0 bridgehead atoms. The fraction of sp³-hybridized carbons (Fsp3) is 0.632. The molecule has 24 heavy (non-hydrogen) atoms. The summed E-state index contributed by atoms with van der Waals surface area (Å²) in [6.45, 7) is 11.0. The third-order valence-corrected chi connectivity index (χ3v) is 4.93. The third kappa shape index (κ3) is 3.72. The molecule has 2 aliphatic heterocycles. The molecule has 0 unspecified atom stereocenters. The molecular weight excluding hydrogens is 305 g/mol. The van der Waals surface area contributed by atoms with E-state index in [-0.39, 0.29) is 17.9 Å². The average Bonchev–Trinajstić information content (AvgIpc) is 3.00. The highest BCUT2D eigenvalue weighted by molar-refractivity contribution is 5.95. The van der Waals surface area contributed by atoms with Crippen LogP contribution in [-0.2, 0) is 5.41 Å². The number of benzene rings is 1. The smallest absolute Gasteiger partial charge is 0.254 e. The molecule has 3 rings (SSSR count). The van der Waals surface area contributed by atoms with Crippen molar-refractivity contribution in [2.24, 2.45) is 0 Å². The quantitative estimate of drug-likeness (QED) is 0.903. The standard InChI is InChI=1S/C19H28FN3O/c1-19(2,3)15-10-14(18(24)23-7-4-16(20)13-23)11-17(12-15)22-8-5-21-6-9-22/h10-12,16,21H,4-9,13H2,1-3H3/t16-/m0/s1. The molecule has 2 fully saturated rings. The van der Waals surface area contributed by atoms with Crippen LogP contribution in [-0.4, -0.2) is 56.2 Å². The second-order valence-electron chi connectivity index (χ2n) is 7.89. The van der Waals surface area contributed by atoms with Crippen molar-refractivity contribution in [1.82, 2.24) is 10.2 Å². The van der Waals surface area contributed by atoms with Crippen LogP contribution in [0.4, 0.5) is 10.1 Å². The highest BCUT2D eigenvalue weighted by Crippen LogP contribution is 2.29. The third-order valence-electron chi connectivity index (χ3n) is 4.93. The van der Waals surface area contributed by atoms with Crippen LogP contribution in [0.15, 0.2) is 18.2 Å². The second kappa shape index (κ2) is 6.71. The van der Waals surface area contributed by atoms with Gasteiger partial charge >= 0.3 is 0 Å². The molecule has 0 saturated carbocycles. The molecule has 1 N–H and O–H groups in total. The van der Waals surface area contributed by atoms with Crippen LogP contribution >= 0.6 is 0 Å². The largest absolute Gasteiger partial charge is 0.369 e. The van der Waals surface area contributed by atoms with Gasteiger partial charge in [0.1, 0.15) is 6.17 Å². The fourth-order valence-corrected chi connectivity index (χ4v) is 3.36. The predicted octanol–water partition coefficient (Wildman–Crippen LogP) is 2.58. The molecule has 4 nitrogen and oxygen atoms in total. The number of amides is 1. The van der Waals surface area contributed by atoms with Gasteiger partial charge in [-0.2, -0.15) is 0 Å². The van der Waals surface area contributed by atoms with Crippen molar-refractivity contribution >= 4 is 11.6 Å². The van der Waals surface area contributed by atoms with Gasteiger partial charge in [0.25, 0.3) is 5.91 Å². The Kier molecular flexibility index (Phi) is 4.81. The molecule has 0 spiro atoms. The lowest BCUT2D eigenvalue weighted by Gasteiger charge is -2.31. The maximum Gasteiger partial charge on any atom is 0.254 e.